The number of nitrogens with zero attached hydrogens (tertiary/aromatic N) is 1. The molecule has 0 atom stereocenters. The van der Waals surface area contributed by atoms with Crippen LogP contribution in [0.5, 0.6) is 0 Å². The van der Waals surface area contributed by atoms with Gasteiger partial charge in [-0.25, -0.2) is 22.0 Å². The zero-order chi connectivity index (χ0) is 28.9. The van der Waals surface area contributed by atoms with Gasteiger partial charge in [-0.05, 0) is 53.6 Å². The quantitative estimate of drug-likeness (QED) is 0.245. The molecule has 0 saturated carbocycles. The number of amides is 1. The summed E-state index contributed by atoms with van der Waals surface area (Å²) in [5, 5.41) is 7.96. The molecule has 9 nitrogen and oxygen atoms in total. The van der Waals surface area contributed by atoms with Crippen LogP contribution in [0.4, 0.5) is 11.4 Å². The summed E-state index contributed by atoms with van der Waals surface area (Å²) in [6.45, 7) is 4.22. The Morgan fingerprint density at radius 1 is 0.725 bits per heavy atom. The highest BCUT2D eigenvalue weighted by molar-refractivity contribution is 7.92. The van der Waals surface area contributed by atoms with Crippen molar-refractivity contribution in [2.75, 3.05) is 10.0 Å². The van der Waals surface area contributed by atoms with Gasteiger partial charge in [0.1, 0.15) is 0 Å². The van der Waals surface area contributed by atoms with Crippen molar-refractivity contribution < 1.29 is 26.2 Å². The first-order valence-corrected chi connectivity index (χ1v) is 15.7. The lowest BCUT2D eigenvalue weighted by atomic mass is 10.0. The van der Waals surface area contributed by atoms with Gasteiger partial charge in [-0.1, -0.05) is 50.2 Å². The molecule has 1 aromatic heterocycles. The molecule has 4 N–H and O–H groups in total. The van der Waals surface area contributed by atoms with Gasteiger partial charge >= 0.3 is 0 Å². The third kappa shape index (κ3) is 6.92. The Hall–Kier alpha value is -4.06. The molecule has 4 rings (SSSR count). The minimum Gasteiger partial charge on any atom is -0.321 e. The number of aryl methyl sites for hydroxylation is 2. The Morgan fingerprint density at radius 3 is 1.93 bits per heavy atom. The number of sulfonamides is 2. The van der Waals surface area contributed by atoms with Crippen molar-refractivity contribution in [1.29, 1.82) is 0 Å². The van der Waals surface area contributed by atoms with E-state index >= 15 is 0 Å². The van der Waals surface area contributed by atoms with Crippen LogP contribution in [0.1, 0.15) is 25.2 Å². The van der Waals surface area contributed by atoms with Gasteiger partial charge in [0, 0.05) is 30.7 Å². The van der Waals surface area contributed by atoms with Crippen molar-refractivity contribution in [2.45, 2.75) is 43.0 Å². The average molecular weight is 580 g/mol. The number of nitrogens with one attached hydrogen (secondary N) is 2. The van der Waals surface area contributed by atoms with Crippen molar-refractivity contribution in [1.82, 2.24) is 0 Å². The van der Waals surface area contributed by atoms with Crippen LogP contribution >= 0.6 is 0 Å². The Bertz CT molecular complexity index is 1710. The fourth-order valence-corrected chi connectivity index (χ4v) is 5.95. The molecule has 208 valence electrons. The topological polar surface area (TPSA) is 139 Å². The summed E-state index contributed by atoms with van der Waals surface area (Å²) in [5.74, 6) is -0.240. The summed E-state index contributed by atoms with van der Waals surface area (Å²) in [6, 6.07) is 25.2. The van der Waals surface area contributed by atoms with Crippen LogP contribution in [0.2, 0.25) is 0 Å². The number of hydrogen-bond donors (Lipinski definition) is 3. The lowest BCUT2D eigenvalue weighted by Crippen LogP contribution is -2.47. The number of rotatable bonds is 10. The van der Waals surface area contributed by atoms with E-state index < -0.39 is 20.0 Å². The maximum atomic E-state index is 13.0. The predicted octanol–water partition coefficient (Wildman–Crippen LogP) is 3.85. The molecule has 0 saturated heterocycles. The molecule has 0 aliphatic rings. The van der Waals surface area contributed by atoms with Crippen molar-refractivity contribution >= 4 is 37.3 Å². The molecule has 0 bridgehead atoms. The predicted molar refractivity (Wildman–Crippen MR) is 155 cm³/mol. The monoisotopic (exact) mass is 579 g/mol. The van der Waals surface area contributed by atoms with Gasteiger partial charge in [0.05, 0.1) is 15.5 Å². The van der Waals surface area contributed by atoms with Gasteiger partial charge < -0.3 is 5.32 Å². The first-order chi connectivity index (χ1) is 19.0. The van der Waals surface area contributed by atoms with E-state index in [-0.39, 0.29) is 27.9 Å². The van der Waals surface area contributed by atoms with Gasteiger partial charge in [0.15, 0.2) is 11.4 Å². The maximum absolute atomic E-state index is 13.0. The normalized spacial score (nSPS) is 11.7. The SMILES string of the molecule is CCc1cc(-c2ccccc2)cc(CC)[n+]1CC(=O)Nc1ccc(S(=O)(=O)Nc2cccc(S(N)(=O)=O)c2)cc1. The van der Waals surface area contributed by atoms with Crippen LogP contribution in [-0.2, 0) is 44.2 Å². The molecule has 1 amide bonds. The van der Waals surface area contributed by atoms with E-state index in [0.29, 0.717) is 5.69 Å². The fourth-order valence-electron chi connectivity index (χ4n) is 4.34. The first-order valence-electron chi connectivity index (χ1n) is 12.7. The largest absolute Gasteiger partial charge is 0.321 e. The molecule has 11 heteroatoms. The van der Waals surface area contributed by atoms with Crippen molar-refractivity contribution in [3.63, 3.8) is 0 Å². The minimum absolute atomic E-state index is 0.0534. The Balaban J connectivity index is 1.48. The van der Waals surface area contributed by atoms with Crippen LogP contribution in [0.15, 0.2) is 101 Å². The van der Waals surface area contributed by atoms with Gasteiger partial charge in [-0.3, -0.25) is 9.52 Å². The molecule has 0 aliphatic carbocycles. The molecule has 40 heavy (non-hydrogen) atoms. The van der Waals surface area contributed by atoms with E-state index in [0.717, 1.165) is 41.4 Å². The summed E-state index contributed by atoms with van der Waals surface area (Å²) in [7, 11) is -8.00. The van der Waals surface area contributed by atoms with Gasteiger partial charge in [-0.2, -0.15) is 4.57 Å². The summed E-state index contributed by atoms with van der Waals surface area (Å²) < 4.78 is 53.2. The number of carbonyl (C=O) groups excluding carboxylic acids is 1. The molecule has 0 aliphatic heterocycles. The molecule has 0 spiro atoms. The third-order valence-electron chi connectivity index (χ3n) is 6.33. The second-order valence-electron chi connectivity index (χ2n) is 9.14. The highest BCUT2D eigenvalue weighted by Crippen LogP contribution is 2.22. The fraction of sp³-hybridized carbons (Fsp3) is 0.172. The van der Waals surface area contributed by atoms with Gasteiger partial charge in [-0.15, -0.1) is 0 Å². The van der Waals surface area contributed by atoms with Gasteiger partial charge in [0.25, 0.3) is 15.9 Å². The van der Waals surface area contributed by atoms with Crippen molar-refractivity contribution in [3.8, 4) is 11.1 Å². The molecular weight excluding hydrogens is 548 g/mol. The van der Waals surface area contributed by atoms with E-state index in [4.69, 9.17) is 5.14 Å². The van der Waals surface area contributed by atoms with Gasteiger partial charge in [0.2, 0.25) is 16.6 Å². The number of hydrogen-bond acceptors (Lipinski definition) is 5. The summed E-state index contributed by atoms with van der Waals surface area (Å²) in [5.41, 5.74) is 4.79. The zero-order valence-corrected chi connectivity index (χ0v) is 23.8. The van der Waals surface area contributed by atoms with E-state index in [9.17, 15) is 21.6 Å². The molecule has 0 unspecified atom stereocenters. The summed E-state index contributed by atoms with van der Waals surface area (Å²) in [4.78, 5) is 12.7. The lowest BCUT2D eigenvalue weighted by molar-refractivity contribution is -0.698. The minimum atomic E-state index is -4.02. The van der Waals surface area contributed by atoms with Crippen LogP contribution in [0, 0.1) is 0 Å². The summed E-state index contributed by atoms with van der Waals surface area (Å²) in [6.07, 6.45) is 1.50. The number of anilines is 2. The van der Waals surface area contributed by atoms with E-state index in [1.54, 1.807) is 0 Å². The highest BCUT2D eigenvalue weighted by atomic mass is 32.2. The number of aromatic nitrogens is 1. The molecular formula is C29H31N4O5S2+. The van der Waals surface area contributed by atoms with E-state index in [1.807, 2.05) is 22.8 Å². The second kappa shape index (κ2) is 12.0. The Morgan fingerprint density at radius 2 is 1.35 bits per heavy atom. The number of carbonyl (C=O) groups is 1. The van der Waals surface area contributed by atoms with Crippen LogP contribution in [0.3, 0.4) is 0 Å². The molecule has 0 radical (unpaired) electrons. The average Bonchev–Trinajstić information content (AvgIpc) is 2.93. The highest BCUT2D eigenvalue weighted by Gasteiger charge is 2.21. The molecule has 4 aromatic rings. The van der Waals surface area contributed by atoms with Crippen LogP contribution in [-0.4, -0.2) is 22.7 Å². The van der Waals surface area contributed by atoms with Crippen molar-refractivity contribution in [2.24, 2.45) is 5.14 Å². The third-order valence-corrected chi connectivity index (χ3v) is 8.64. The van der Waals surface area contributed by atoms with E-state index in [1.165, 1.54) is 42.5 Å². The molecule has 1 heterocycles. The standard InChI is InChI=1S/C29H30N4O5S2/c1-3-25-17-22(21-9-6-5-7-10-21)18-26(4-2)33(25)20-29(34)31-23-13-15-27(16-14-23)40(37,38)32-24-11-8-12-28(19-24)39(30,35)36/h5-19,32H,3-4,20H2,1-2H3,(H2-,30,31,34,35,36)/p+1. The number of primary sulfonamides is 1. The molecule has 0 fully saturated rings. The zero-order valence-electron chi connectivity index (χ0n) is 22.2. The van der Waals surface area contributed by atoms with Crippen LogP contribution in [0.25, 0.3) is 11.1 Å². The summed E-state index contributed by atoms with van der Waals surface area (Å²) >= 11 is 0. The maximum Gasteiger partial charge on any atom is 0.290 e. The van der Waals surface area contributed by atoms with E-state index in [2.05, 4.69) is 48.2 Å². The first kappa shape index (κ1) is 28.9. The smallest absolute Gasteiger partial charge is 0.290 e. The Kier molecular flexibility index (Phi) is 8.67. The van der Waals surface area contributed by atoms with Crippen LogP contribution < -0.4 is 19.7 Å². The number of nitrogens with two attached hydrogens (primary N) is 1. The number of pyridine rings is 1. The number of benzene rings is 3. The van der Waals surface area contributed by atoms with Crippen molar-refractivity contribution in [3.05, 3.63) is 102 Å². The lowest BCUT2D eigenvalue weighted by Gasteiger charge is -2.12. The molecule has 3 aromatic carbocycles. The Labute approximate surface area is 234 Å². The second-order valence-corrected chi connectivity index (χ2v) is 12.4.